The molecule has 2 aliphatic heterocycles. The van der Waals surface area contributed by atoms with Gasteiger partial charge in [-0.2, -0.15) is 0 Å². The monoisotopic (exact) mass is 395 g/mol. The number of benzene rings is 1. The molecule has 2 atom stereocenters. The first-order valence-corrected chi connectivity index (χ1v) is 9.60. The highest BCUT2D eigenvalue weighted by molar-refractivity contribution is 5.90. The highest BCUT2D eigenvalue weighted by Gasteiger charge is 2.49. The Morgan fingerprint density at radius 2 is 1.86 bits per heavy atom. The molecule has 2 saturated heterocycles. The van der Waals surface area contributed by atoms with Gasteiger partial charge in [0.25, 0.3) is 0 Å². The van der Waals surface area contributed by atoms with Crippen molar-refractivity contribution in [2.24, 2.45) is 5.92 Å². The van der Waals surface area contributed by atoms with Crippen molar-refractivity contribution in [1.82, 2.24) is 14.7 Å². The van der Waals surface area contributed by atoms with Gasteiger partial charge in [0, 0.05) is 33.3 Å². The summed E-state index contributed by atoms with van der Waals surface area (Å²) >= 11 is 0. The summed E-state index contributed by atoms with van der Waals surface area (Å²) < 4.78 is 31.8. The molecule has 0 spiro atoms. The van der Waals surface area contributed by atoms with Crippen molar-refractivity contribution in [1.29, 1.82) is 0 Å². The van der Waals surface area contributed by atoms with E-state index < -0.39 is 17.7 Å². The Morgan fingerprint density at radius 1 is 1.14 bits per heavy atom. The molecule has 0 bridgehead atoms. The molecule has 3 rings (SSSR count). The minimum absolute atomic E-state index is 0.0509. The lowest BCUT2D eigenvalue weighted by molar-refractivity contribution is -0.143. The molecule has 3 amide bonds. The van der Waals surface area contributed by atoms with E-state index in [1.54, 1.807) is 21.8 Å². The number of hydrogen-bond donors (Lipinski definition) is 0. The van der Waals surface area contributed by atoms with Crippen LogP contribution in [0.1, 0.15) is 25.8 Å². The van der Waals surface area contributed by atoms with Crippen LogP contribution in [0.2, 0.25) is 0 Å². The molecule has 2 fully saturated rings. The fourth-order valence-corrected chi connectivity index (χ4v) is 4.00. The van der Waals surface area contributed by atoms with Gasteiger partial charge in [0.15, 0.2) is 11.6 Å². The summed E-state index contributed by atoms with van der Waals surface area (Å²) in [5, 5.41) is 0. The Bertz CT molecular complexity index is 743. The van der Waals surface area contributed by atoms with Gasteiger partial charge in [-0.3, -0.25) is 4.79 Å². The van der Waals surface area contributed by atoms with Crippen LogP contribution in [0.3, 0.4) is 0 Å². The summed E-state index contributed by atoms with van der Waals surface area (Å²) in [6.07, 6.45) is 0.587. The number of nitrogens with zero attached hydrogens (tertiary/aromatic N) is 3. The van der Waals surface area contributed by atoms with Gasteiger partial charge in [0.05, 0.1) is 12.6 Å². The molecule has 154 valence electrons. The number of urea groups is 1. The second-order valence-corrected chi connectivity index (χ2v) is 7.90. The van der Waals surface area contributed by atoms with E-state index in [0.717, 1.165) is 12.1 Å². The van der Waals surface area contributed by atoms with Gasteiger partial charge in [0.2, 0.25) is 5.91 Å². The van der Waals surface area contributed by atoms with E-state index in [1.165, 1.54) is 6.07 Å². The Kier molecular flexibility index (Phi) is 6.17. The predicted octanol–water partition coefficient (Wildman–Crippen LogP) is 2.47. The molecule has 0 aliphatic carbocycles. The first-order chi connectivity index (χ1) is 13.3. The molecule has 1 aromatic rings. The zero-order chi connectivity index (χ0) is 20.4. The summed E-state index contributed by atoms with van der Waals surface area (Å²) in [6.45, 7) is 6.07. The Morgan fingerprint density at radius 3 is 2.50 bits per heavy atom. The summed E-state index contributed by atoms with van der Waals surface area (Å²) in [4.78, 5) is 31.1. The molecule has 0 unspecified atom stereocenters. The van der Waals surface area contributed by atoms with Crippen molar-refractivity contribution in [3.05, 3.63) is 35.4 Å². The van der Waals surface area contributed by atoms with E-state index >= 15 is 0 Å². The smallest absolute Gasteiger partial charge is 0.321 e. The minimum atomic E-state index is -0.930. The number of hydrogen-bond acceptors (Lipinski definition) is 3. The average molecular weight is 395 g/mol. The first-order valence-electron chi connectivity index (χ1n) is 9.60. The van der Waals surface area contributed by atoms with Crippen LogP contribution in [-0.4, -0.2) is 72.1 Å². The van der Waals surface area contributed by atoms with Crippen molar-refractivity contribution in [3.63, 3.8) is 0 Å². The minimum Gasteiger partial charge on any atom is -0.383 e. The lowest BCUT2D eigenvalue weighted by Gasteiger charge is -2.42. The highest BCUT2D eigenvalue weighted by atomic mass is 19.2. The Hall–Kier alpha value is -2.22. The number of methoxy groups -OCH3 is 1. The van der Waals surface area contributed by atoms with E-state index in [-0.39, 0.29) is 30.4 Å². The molecule has 28 heavy (non-hydrogen) atoms. The maximum Gasteiger partial charge on any atom is 0.321 e. The molecule has 0 radical (unpaired) electrons. The zero-order valence-corrected chi connectivity index (χ0v) is 16.5. The molecule has 0 N–H and O–H groups in total. The third kappa shape index (κ3) is 4.11. The Balaban J connectivity index is 1.79. The van der Waals surface area contributed by atoms with E-state index in [0.29, 0.717) is 38.2 Å². The summed E-state index contributed by atoms with van der Waals surface area (Å²) in [7, 11) is 1.59. The van der Waals surface area contributed by atoms with Crippen LogP contribution < -0.4 is 0 Å². The standard InChI is InChI=1S/C20H27F2N3O3/c1-13(2)8-18-19(26)23(6-7-28-3)11-15-12-24(20(27)25(15)18)10-14-4-5-16(21)17(22)9-14/h4-5,9,13,15,18H,6-8,10-12H2,1-3H3/t15-,18-/m0/s1. The van der Waals surface area contributed by atoms with Gasteiger partial charge in [-0.15, -0.1) is 0 Å². The second kappa shape index (κ2) is 8.43. The number of ether oxygens (including phenoxy) is 1. The molecular weight excluding hydrogens is 368 g/mol. The normalized spacial score (nSPS) is 22.4. The van der Waals surface area contributed by atoms with E-state index in [1.807, 2.05) is 13.8 Å². The summed E-state index contributed by atoms with van der Waals surface area (Å²) in [5.41, 5.74) is 0.523. The quantitative estimate of drug-likeness (QED) is 0.713. The van der Waals surface area contributed by atoms with Crippen LogP contribution >= 0.6 is 0 Å². The van der Waals surface area contributed by atoms with Crippen LogP contribution in [-0.2, 0) is 16.1 Å². The third-order valence-electron chi connectivity index (χ3n) is 5.30. The lowest BCUT2D eigenvalue weighted by atomic mass is 9.97. The lowest BCUT2D eigenvalue weighted by Crippen LogP contribution is -2.61. The third-order valence-corrected chi connectivity index (χ3v) is 5.30. The number of rotatable bonds is 7. The van der Waals surface area contributed by atoms with Gasteiger partial charge in [0.1, 0.15) is 6.04 Å². The fourth-order valence-electron chi connectivity index (χ4n) is 4.00. The number of carbonyl (C=O) groups excluding carboxylic acids is 2. The van der Waals surface area contributed by atoms with Crippen molar-refractivity contribution >= 4 is 11.9 Å². The van der Waals surface area contributed by atoms with Crippen LogP contribution in [0.25, 0.3) is 0 Å². The van der Waals surface area contributed by atoms with Crippen LogP contribution in [0, 0.1) is 17.6 Å². The SMILES string of the molecule is COCCN1C[C@H]2CN(Cc3ccc(F)c(F)c3)C(=O)N2[C@@H](CC(C)C)C1=O. The molecule has 2 heterocycles. The first kappa shape index (κ1) is 20.5. The summed E-state index contributed by atoms with van der Waals surface area (Å²) in [6, 6.07) is 2.82. The zero-order valence-electron chi connectivity index (χ0n) is 16.5. The fraction of sp³-hybridized carbons (Fsp3) is 0.600. The average Bonchev–Trinajstić information content (AvgIpc) is 2.94. The molecule has 0 saturated carbocycles. The molecule has 2 aliphatic rings. The van der Waals surface area contributed by atoms with Crippen LogP contribution in [0.5, 0.6) is 0 Å². The van der Waals surface area contributed by atoms with Crippen molar-refractivity contribution in [3.8, 4) is 0 Å². The van der Waals surface area contributed by atoms with Gasteiger partial charge < -0.3 is 19.4 Å². The number of fused-ring (bicyclic) bond motifs is 1. The van der Waals surface area contributed by atoms with Crippen molar-refractivity contribution in [2.75, 3.05) is 33.4 Å². The second-order valence-electron chi connectivity index (χ2n) is 7.90. The number of amides is 3. The van der Waals surface area contributed by atoms with Gasteiger partial charge in [-0.1, -0.05) is 19.9 Å². The van der Waals surface area contributed by atoms with Gasteiger partial charge in [-0.25, -0.2) is 13.6 Å². The van der Waals surface area contributed by atoms with Crippen LogP contribution in [0.15, 0.2) is 18.2 Å². The largest absolute Gasteiger partial charge is 0.383 e. The maximum absolute atomic E-state index is 13.5. The highest BCUT2D eigenvalue weighted by Crippen LogP contribution is 2.30. The number of halogens is 2. The van der Waals surface area contributed by atoms with Crippen molar-refractivity contribution < 1.29 is 23.1 Å². The topological polar surface area (TPSA) is 53.1 Å². The molecule has 6 nitrogen and oxygen atoms in total. The van der Waals surface area contributed by atoms with Gasteiger partial charge >= 0.3 is 6.03 Å². The number of carbonyl (C=O) groups is 2. The van der Waals surface area contributed by atoms with E-state index in [4.69, 9.17) is 4.74 Å². The molecule has 0 aromatic heterocycles. The maximum atomic E-state index is 13.5. The van der Waals surface area contributed by atoms with E-state index in [9.17, 15) is 18.4 Å². The van der Waals surface area contributed by atoms with E-state index in [2.05, 4.69) is 0 Å². The molecule has 8 heteroatoms. The van der Waals surface area contributed by atoms with Crippen molar-refractivity contribution in [2.45, 2.75) is 38.9 Å². The molecular formula is C20H27F2N3O3. The Labute approximate surface area is 164 Å². The van der Waals surface area contributed by atoms with Crippen LogP contribution in [0.4, 0.5) is 13.6 Å². The predicted molar refractivity (Wildman–Crippen MR) is 99.5 cm³/mol. The summed E-state index contributed by atoms with van der Waals surface area (Å²) in [5.74, 6) is -1.64. The van der Waals surface area contributed by atoms with Gasteiger partial charge in [-0.05, 0) is 30.0 Å². The molecule has 1 aromatic carbocycles. The number of piperazine rings is 1.